The summed E-state index contributed by atoms with van der Waals surface area (Å²) in [5, 5.41) is 8.49. The Morgan fingerprint density at radius 3 is 2.78 bits per heavy atom. The molecule has 5 nitrogen and oxygen atoms in total. The maximum absolute atomic E-state index is 11.8. The predicted molar refractivity (Wildman–Crippen MR) is 68.3 cm³/mol. The third-order valence-electron chi connectivity index (χ3n) is 2.84. The summed E-state index contributed by atoms with van der Waals surface area (Å²) in [7, 11) is 0. The topological polar surface area (TPSA) is 70.2 Å². The van der Waals surface area contributed by atoms with Gasteiger partial charge in [-0.15, -0.1) is 0 Å². The van der Waals surface area contributed by atoms with Crippen molar-refractivity contribution in [1.82, 2.24) is 16.0 Å². The lowest BCUT2D eigenvalue weighted by Gasteiger charge is -2.27. The van der Waals surface area contributed by atoms with Crippen molar-refractivity contribution in [1.29, 1.82) is 0 Å². The van der Waals surface area contributed by atoms with Crippen LogP contribution in [0, 0.1) is 6.92 Å². The third kappa shape index (κ3) is 3.30. The van der Waals surface area contributed by atoms with Gasteiger partial charge in [0, 0.05) is 18.7 Å². The molecule has 1 fully saturated rings. The van der Waals surface area contributed by atoms with E-state index in [2.05, 4.69) is 16.0 Å². The molecule has 5 heteroatoms. The number of hydrogen-bond acceptors (Lipinski definition) is 3. The van der Waals surface area contributed by atoms with Crippen LogP contribution in [0.1, 0.15) is 15.9 Å². The standard InChI is InChI=1S/C13H17N3O2/c1-9-3-2-4-10(5-9)13(18)15-8-12(17)16-11-6-14-7-11/h2-5,11,14H,6-8H2,1H3,(H,15,18)(H,16,17). The normalized spacial score (nSPS) is 14.7. The molecule has 0 atom stereocenters. The van der Waals surface area contributed by atoms with E-state index >= 15 is 0 Å². The number of carbonyl (C=O) groups is 2. The molecule has 0 bridgehead atoms. The molecule has 96 valence electrons. The Morgan fingerprint density at radius 1 is 1.39 bits per heavy atom. The molecule has 1 heterocycles. The smallest absolute Gasteiger partial charge is 0.251 e. The van der Waals surface area contributed by atoms with E-state index < -0.39 is 0 Å². The fourth-order valence-corrected chi connectivity index (χ4v) is 1.72. The number of carbonyl (C=O) groups excluding carboxylic acids is 2. The second-order valence-corrected chi connectivity index (χ2v) is 4.47. The van der Waals surface area contributed by atoms with E-state index in [1.165, 1.54) is 0 Å². The van der Waals surface area contributed by atoms with E-state index in [0.29, 0.717) is 5.56 Å². The van der Waals surface area contributed by atoms with Crippen molar-refractivity contribution in [2.24, 2.45) is 0 Å². The Labute approximate surface area is 106 Å². The Balaban J connectivity index is 1.78. The van der Waals surface area contributed by atoms with Gasteiger partial charge in [-0.05, 0) is 19.1 Å². The fraction of sp³-hybridized carbons (Fsp3) is 0.385. The monoisotopic (exact) mass is 247 g/mol. The number of rotatable bonds is 4. The van der Waals surface area contributed by atoms with Crippen molar-refractivity contribution in [2.45, 2.75) is 13.0 Å². The average molecular weight is 247 g/mol. The van der Waals surface area contributed by atoms with Gasteiger partial charge in [-0.2, -0.15) is 0 Å². The lowest BCUT2D eigenvalue weighted by atomic mass is 10.1. The van der Waals surface area contributed by atoms with Gasteiger partial charge in [0.1, 0.15) is 0 Å². The Bertz CT molecular complexity index is 455. The first-order valence-corrected chi connectivity index (χ1v) is 6.00. The molecule has 18 heavy (non-hydrogen) atoms. The van der Waals surface area contributed by atoms with Gasteiger partial charge in [-0.1, -0.05) is 17.7 Å². The zero-order chi connectivity index (χ0) is 13.0. The first-order valence-electron chi connectivity index (χ1n) is 6.00. The van der Waals surface area contributed by atoms with Crippen LogP contribution in [0.4, 0.5) is 0 Å². The maximum atomic E-state index is 11.8. The maximum Gasteiger partial charge on any atom is 0.251 e. The van der Waals surface area contributed by atoms with E-state index in [4.69, 9.17) is 0 Å². The molecule has 1 aliphatic heterocycles. The van der Waals surface area contributed by atoms with E-state index in [1.54, 1.807) is 12.1 Å². The zero-order valence-electron chi connectivity index (χ0n) is 10.3. The van der Waals surface area contributed by atoms with Crippen LogP contribution in [-0.2, 0) is 4.79 Å². The van der Waals surface area contributed by atoms with Crippen LogP contribution in [0.25, 0.3) is 0 Å². The molecule has 3 N–H and O–H groups in total. The van der Waals surface area contributed by atoms with Crippen molar-refractivity contribution >= 4 is 11.8 Å². The molecular formula is C13H17N3O2. The minimum atomic E-state index is -0.222. The van der Waals surface area contributed by atoms with Gasteiger partial charge >= 0.3 is 0 Å². The molecule has 0 aromatic heterocycles. The highest BCUT2D eigenvalue weighted by Crippen LogP contribution is 2.03. The molecule has 1 aromatic rings. The summed E-state index contributed by atoms with van der Waals surface area (Å²) in [6, 6.07) is 7.48. The minimum absolute atomic E-state index is 0.0171. The second kappa shape index (κ2) is 5.64. The van der Waals surface area contributed by atoms with Crippen LogP contribution < -0.4 is 16.0 Å². The predicted octanol–water partition coefficient (Wildman–Crippen LogP) is -0.187. The molecule has 2 amide bonds. The molecule has 0 aliphatic carbocycles. The minimum Gasteiger partial charge on any atom is -0.349 e. The molecule has 1 saturated heterocycles. The molecule has 0 unspecified atom stereocenters. The molecule has 1 aromatic carbocycles. The summed E-state index contributed by atoms with van der Waals surface area (Å²) in [6.07, 6.45) is 0. The van der Waals surface area contributed by atoms with Gasteiger partial charge in [0.2, 0.25) is 5.91 Å². The summed E-state index contributed by atoms with van der Waals surface area (Å²) in [6.45, 7) is 3.55. The first-order chi connectivity index (χ1) is 8.65. The van der Waals surface area contributed by atoms with Crippen molar-refractivity contribution in [3.8, 4) is 0 Å². The summed E-state index contributed by atoms with van der Waals surface area (Å²) in [5.41, 5.74) is 1.60. The highest BCUT2D eigenvalue weighted by molar-refractivity contribution is 5.96. The van der Waals surface area contributed by atoms with Crippen LogP contribution in [0.5, 0.6) is 0 Å². The lowest BCUT2D eigenvalue weighted by Crippen LogP contribution is -2.58. The van der Waals surface area contributed by atoms with E-state index in [9.17, 15) is 9.59 Å². The van der Waals surface area contributed by atoms with Crippen molar-refractivity contribution < 1.29 is 9.59 Å². The molecule has 0 spiro atoms. The summed E-state index contributed by atoms with van der Waals surface area (Å²) < 4.78 is 0. The number of nitrogens with one attached hydrogen (secondary N) is 3. The highest BCUT2D eigenvalue weighted by Gasteiger charge is 2.18. The zero-order valence-corrected chi connectivity index (χ0v) is 10.3. The molecular weight excluding hydrogens is 230 g/mol. The lowest BCUT2D eigenvalue weighted by molar-refractivity contribution is -0.121. The van der Waals surface area contributed by atoms with Gasteiger partial charge in [0.25, 0.3) is 5.91 Å². The van der Waals surface area contributed by atoms with E-state index in [0.717, 1.165) is 18.7 Å². The number of benzene rings is 1. The van der Waals surface area contributed by atoms with Gasteiger partial charge in [-0.25, -0.2) is 0 Å². The summed E-state index contributed by atoms with van der Waals surface area (Å²) >= 11 is 0. The quantitative estimate of drug-likeness (QED) is 0.691. The molecule has 0 saturated carbocycles. The van der Waals surface area contributed by atoms with Gasteiger partial charge in [-0.3, -0.25) is 9.59 Å². The first kappa shape index (κ1) is 12.6. The van der Waals surface area contributed by atoms with E-state index in [1.807, 2.05) is 19.1 Å². The van der Waals surface area contributed by atoms with Crippen molar-refractivity contribution in [3.63, 3.8) is 0 Å². The van der Waals surface area contributed by atoms with Gasteiger partial charge in [0.05, 0.1) is 12.6 Å². The average Bonchev–Trinajstić information content (AvgIpc) is 2.31. The van der Waals surface area contributed by atoms with Crippen LogP contribution in [0.3, 0.4) is 0 Å². The molecule has 2 rings (SSSR count). The summed E-state index contributed by atoms with van der Waals surface area (Å²) in [5.74, 6) is -0.372. The van der Waals surface area contributed by atoms with Crippen molar-refractivity contribution in [3.05, 3.63) is 35.4 Å². The van der Waals surface area contributed by atoms with Crippen molar-refractivity contribution in [2.75, 3.05) is 19.6 Å². The van der Waals surface area contributed by atoms with E-state index in [-0.39, 0.29) is 24.4 Å². The number of hydrogen-bond donors (Lipinski definition) is 3. The van der Waals surface area contributed by atoms with Crippen LogP contribution in [0.15, 0.2) is 24.3 Å². The largest absolute Gasteiger partial charge is 0.349 e. The molecule has 0 radical (unpaired) electrons. The van der Waals surface area contributed by atoms with Crippen LogP contribution >= 0.6 is 0 Å². The third-order valence-corrected chi connectivity index (χ3v) is 2.84. The molecule has 1 aliphatic rings. The highest BCUT2D eigenvalue weighted by atomic mass is 16.2. The second-order valence-electron chi connectivity index (χ2n) is 4.47. The Kier molecular flexibility index (Phi) is 3.94. The summed E-state index contributed by atoms with van der Waals surface area (Å²) in [4.78, 5) is 23.3. The Morgan fingerprint density at radius 2 is 2.17 bits per heavy atom. The number of aryl methyl sites for hydroxylation is 1. The fourth-order valence-electron chi connectivity index (χ4n) is 1.72. The van der Waals surface area contributed by atoms with Crippen LogP contribution in [0.2, 0.25) is 0 Å². The van der Waals surface area contributed by atoms with Gasteiger partial charge < -0.3 is 16.0 Å². The van der Waals surface area contributed by atoms with Crippen LogP contribution in [-0.4, -0.2) is 37.5 Å². The number of amides is 2. The SMILES string of the molecule is Cc1cccc(C(=O)NCC(=O)NC2CNC2)c1. The Hall–Kier alpha value is -1.88. The van der Waals surface area contributed by atoms with Gasteiger partial charge in [0.15, 0.2) is 0 Å².